The van der Waals surface area contributed by atoms with E-state index < -0.39 is 0 Å². The predicted molar refractivity (Wildman–Crippen MR) is 144 cm³/mol. The van der Waals surface area contributed by atoms with E-state index in [4.69, 9.17) is 0 Å². The first-order valence-electron chi connectivity index (χ1n) is 12.5. The molecule has 0 aliphatic heterocycles. The number of hydrogen-bond donors (Lipinski definition) is 0. The highest BCUT2D eigenvalue weighted by Crippen LogP contribution is 2.42. The highest BCUT2D eigenvalue weighted by molar-refractivity contribution is 7.17. The summed E-state index contributed by atoms with van der Waals surface area (Å²) in [5.41, 5.74) is 6.55. The van der Waals surface area contributed by atoms with Crippen molar-refractivity contribution in [2.24, 2.45) is 5.92 Å². The zero-order chi connectivity index (χ0) is 23.5. The number of carbonyl (C=O) groups is 1. The fourth-order valence-corrected chi connectivity index (χ4v) is 6.32. The Kier molecular flexibility index (Phi) is 6.78. The van der Waals surface area contributed by atoms with Gasteiger partial charge in [-0.1, -0.05) is 99.1 Å². The number of benzene rings is 3. The molecular weight excluding hydrogens is 432 g/mol. The molecule has 0 spiro atoms. The summed E-state index contributed by atoms with van der Waals surface area (Å²) >= 11 is 1.65. The Morgan fingerprint density at radius 2 is 1.62 bits per heavy atom. The molecule has 0 bridgehead atoms. The van der Waals surface area contributed by atoms with Gasteiger partial charge in [0, 0.05) is 10.8 Å². The Balaban J connectivity index is 1.34. The monoisotopic (exact) mass is 464 g/mol. The second kappa shape index (κ2) is 10.1. The summed E-state index contributed by atoms with van der Waals surface area (Å²) < 4.78 is 0. The molecular formula is C32H32OS. The van der Waals surface area contributed by atoms with Crippen LogP contribution >= 0.6 is 11.3 Å². The smallest absolute Gasteiger partial charge is 0.176 e. The van der Waals surface area contributed by atoms with Crippen LogP contribution in [0.1, 0.15) is 76.9 Å². The van der Waals surface area contributed by atoms with E-state index in [2.05, 4.69) is 98.8 Å². The molecule has 172 valence electrons. The zero-order valence-corrected chi connectivity index (χ0v) is 20.9. The predicted octanol–water partition coefficient (Wildman–Crippen LogP) is 8.90. The molecule has 1 aromatic heterocycles. The number of carbonyl (C=O) groups excluding carboxylic acids is 1. The summed E-state index contributed by atoms with van der Waals surface area (Å²) in [6.07, 6.45) is 4.16. The summed E-state index contributed by atoms with van der Waals surface area (Å²) in [7, 11) is 0. The molecule has 4 aromatic rings. The van der Waals surface area contributed by atoms with Crippen molar-refractivity contribution >= 4 is 17.1 Å². The third kappa shape index (κ3) is 4.93. The van der Waals surface area contributed by atoms with Crippen molar-refractivity contribution < 1.29 is 4.79 Å². The molecule has 2 unspecified atom stereocenters. The molecule has 2 atom stereocenters. The molecule has 2 heteroatoms. The molecule has 1 aliphatic carbocycles. The molecule has 0 saturated heterocycles. The van der Waals surface area contributed by atoms with E-state index >= 15 is 0 Å². The van der Waals surface area contributed by atoms with Crippen LogP contribution in [0.15, 0.2) is 91.0 Å². The van der Waals surface area contributed by atoms with Crippen molar-refractivity contribution in [3.8, 4) is 10.4 Å². The van der Waals surface area contributed by atoms with Gasteiger partial charge in [0.1, 0.15) is 0 Å². The van der Waals surface area contributed by atoms with Gasteiger partial charge in [-0.3, -0.25) is 4.79 Å². The SMILES string of the molecule is CC(C)c1cccc(Cc2cccc(-c3ccc(C(=O)C4CCCC4c4ccccc4)s3)c2)c1. The number of hydrogen-bond acceptors (Lipinski definition) is 2. The Bertz CT molecular complexity index is 1270. The van der Waals surface area contributed by atoms with Crippen LogP contribution in [0.3, 0.4) is 0 Å². The highest BCUT2D eigenvalue weighted by Gasteiger charge is 2.34. The Labute approximate surface area is 207 Å². The Morgan fingerprint density at radius 1 is 0.853 bits per heavy atom. The van der Waals surface area contributed by atoms with E-state index in [1.165, 1.54) is 32.7 Å². The minimum atomic E-state index is 0.105. The number of rotatable bonds is 7. The van der Waals surface area contributed by atoms with E-state index in [9.17, 15) is 4.79 Å². The summed E-state index contributed by atoms with van der Waals surface area (Å²) in [4.78, 5) is 15.6. The van der Waals surface area contributed by atoms with Gasteiger partial charge in [0.15, 0.2) is 5.78 Å². The molecule has 34 heavy (non-hydrogen) atoms. The van der Waals surface area contributed by atoms with Crippen LogP contribution in [0.25, 0.3) is 10.4 Å². The molecule has 1 saturated carbocycles. The van der Waals surface area contributed by atoms with Gasteiger partial charge in [-0.25, -0.2) is 0 Å². The van der Waals surface area contributed by atoms with Crippen molar-refractivity contribution in [1.29, 1.82) is 0 Å². The van der Waals surface area contributed by atoms with Gasteiger partial charge in [-0.2, -0.15) is 0 Å². The molecule has 1 aliphatic rings. The average Bonchev–Trinajstić information content (AvgIpc) is 3.55. The third-order valence-corrected chi connectivity index (χ3v) is 8.32. The zero-order valence-electron chi connectivity index (χ0n) is 20.0. The summed E-state index contributed by atoms with van der Waals surface area (Å²) in [6, 6.07) is 32.5. The van der Waals surface area contributed by atoms with Crippen LogP contribution in [-0.4, -0.2) is 5.78 Å². The molecule has 1 fully saturated rings. The second-order valence-corrected chi connectivity index (χ2v) is 10.9. The quantitative estimate of drug-likeness (QED) is 0.250. The molecule has 3 aromatic carbocycles. The van der Waals surface area contributed by atoms with Gasteiger partial charge in [-0.15, -0.1) is 11.3 Å². The lowest BCUT2D eigenvalue weighted by Crippen LogP contribution is -2.17. The fourth-order valence-electron chi connectivity index (χ4n) is 5.31. The Hall–Kier alpha value is -2.97. The van der Waals surface area contributed by atoms with Gasteiger partial charge < -0.3 is 0 Å². The van der Waals surface area contributed by atoms with E-state index in [0.29, 0.717) is 17.6 Å². The van der Waals surface area contributed by atoms with Crippen LogP contribution in [0.4, 0.5) is 0 Å². The van der Waals surface area contributed by atoms with Crippen LogP contribution < -0.4 is 0 Å². The lowest BCUT2D eigenvalue weighted by atomic mass is 9.85. The maximum atomic E-state index is 13.5. The van der Waals surface area contributed by atoms with Crippen LogP contribution in [0, 0.1) is 5.92 Å². The maximum Gasteiger partial charge on any atom is 0.176 e. The van der Waals surface area contributed by atoms with Gasteiger partial charge in [0.2, 0.25) is 0 Å². The minimum absolute atomic E-state index is 0.105. The number of ketones is 1. The van der Waals surface area contributed by atoms with Crippen molar-refractivity contribution in [3.05, 3.63) is 118 Å². The lowest BCUT2D eigenvalue weighted by Gasteiger charge is -2.18. The largest absolute Gasteiger partial charge is 0.293 e. The first kappa shape index (κ1) is 22.8. The standard InChI is InChI=1S/C32H32OS/c1-22(2)26-13-6-9-23(20-26)19-24-10-7-14-27(21-24)30-17-18-31(34-30)32(33)29-16-8-15-28(29)25-11-4-3-5-12-25/h3-7,9-14,17-18,20-22,28-29H,8,15-16,19H2,1-2H3. The second-order valence-electron chi connectivity index (χ2n) is 9.86. The Morgan fingerprint density at radius 3 is 2.41 bits per heavy atom. The van der Waals surface area contributed by atoms with Crippen molar-refractivity contribution in [1.82, 2.24) is 0 Å². The van der Waals surface area contributed by atoms with E-state index in [0.717, 1.165) is 30.6 Å². The van der Waals surface area contributed by atoms with E-state index in [1.54, 1.807) is 11.3 Å². The molecule has 0 N–H and O–H groups in total. The van der Waals surface area contributed by atoms with Crippen molar-refractivity contribution in [2.45, 2.75) is 51.4 Å². The van der Waals surface area contributed by atoms with Crippen LogP contribution in [0.5, 0.6) is 0 Å². The molecule has 0 radical (unpaired) electrons. The van der Waals surface area contributed by atoms with E-state index in [1.807, 2.05) is 6.07 Å². The van der Waals surface area contributed by atoms with Crippen molar-refractivity contribution in [2.75, 3.05) is 0 Å². The summed E-state index contributed by atoms with van der Waals surface area (Å²) in [5.74, 6) is 1.32. The summed E-state index contributed by atoms with van der Waals surface area (Å²) in [5, 5.41) is 0. The van der Waals surface area contributed by atoms with Crippen LogP contribution in [-0.2, 0) is 6.42 Å². The third-order valence-electron chi connectivity index (χ3n) is 7.17. The van der Waals surface area contributed by atoms with E-state index in [-0.39, 0.29) is 5.92 Å². The lowest BCUT2D eigenvalue weighted by molar-refractivity contribution is 0.0916. The van der Waals surface area contributed by atoms with Gasteiger partial charge in [-0.05, 0) is 71.0 Å². The van der Waals surface area contributed by atoms with Gasteiger partial charge >= 0.3 is 0 Å². The fraction of sp³-hybridized carbons (Fsp3) is 0.281. The average molecular weight is 465 g/mol. The molecule has 0 amide bonds. The normalized spacial score (nSPS) is 17.9. The topological polar surface area (TPSA) is 17.1 Å². The molecule has 1 nitrogen and oxygen atoms in total. The molecule has 5 rings (SSSR count). The minimum Gasteiger partial charge on any atom is -0.293 e. The van der Waals surface area contributed by atoms with Crippen LogP contribution in [0.2, 0.25) is 0 Å². The highest BCUT2D eigenvalue weighted by atomic mass is 32.1. The van der Waals surface area contributed by atoms with Gasteiger partial charge in [0.25, 0.3) is 0 Å². The number of thiophene rings is 1. The maximum absolute atomic E-state index is 13.5. The van der Waals surface area contributed by atoms with Crippen molar-refractivity contribution in [3.63, 3.8) is 0 Å². The number of Topliss-reactive ketones (excluding diaryl/α,β-unsaturated/α-hetero) is 1. The first-order valence-corrected chi connectivity index (χ1v) is 13.3. The summed E-state index contributed by atoms with van der Waals surface area (Å²) in [6.45, 7) is 4.48. The van der Waals surface area contributed by atoms with Gasteiger partial charge in [0.05, 0.1) is 4.88 Å². The first-order chi connectivity index (χ1) is 16.6. The molecule has 1 heterocycles.